The predicted octanol–water partition coefficient (Wildman–Crippen LogP) is -0.250. The molecule has 0 aliphatic carbocycles. The monoisotopic (exact) mass is 317 g/mol. The molecule has 0 saturated carbocycles. The van der Waals surface area contributed by atoms with Gasteiger partial charge in [0.25, 0.3) is 0 Å². The molecular weight excluding hydrogens is 298 g/mol. The molecule has 0 bridgehead atoms. The Labute approximate surface area is 123 Å². The summed E-state index contributed by atoms with van der Waals surface area (Å²) in [5, 5.41) is 6.47. The van der Waals surface area contributed by atoms with Gasteiger partial charge in [-0.1, -0.05) is 0 Å². The molecule has 2 rings (SSSR count). The SMILES string of the molecule is CCOCC(=O)N1CCOCC1c1[nH]ncc1S(C)(=O)=O. The summed E-state index contributed by atoms with van der Waals surface area (Å²) in [6.07, 6.45) is 2.36. The van der Waals surface area contributed by atoms with Gasteiger partial charge in [0.2, 0.25) is 5.91 Å². The summed E-state index contributed by atoms with van der Waals surface area (Å²) in [5.74, 6) is -0.195. The molecule has 1 aliphatic rings. The van der Waals surface area contributed by atoms with E-state index < -0.39 is 15.9 Å². The maximum atomic E-state index is 12.2. The number of carbonyl (C=O) groups is 1. The lowest BCUT2D eigenvalue weighted by Crippen LogP contribution is -2.45. The highest BCUT2D eigenvalue weighted by Gasteiger charge is 2.33. The number of aromatic nitrogens is 2. The van der Waals surface area contributed by atoms with Gasteiger partial charge < -0.3 is 14.4 Å². The van der Waals surface area contributed by atoms with Crippen molar-refractivity contribution in [1.29, 1.82) is 0 Å². The molecule has 0 spiro atoms. The van der Waals surface area contributed by atoms with Crippen molar-refractivity contribution in [3.63, 3.8) is 0 Å². The molecule has 1 atom stereocenters. The third-order valence-corrected chi connectivity index (χ3v) is 4.37. The zero-order chi connectivity index (χ0) is 15.5. The van der Waals surface area contributed by atoms with Crippen molar-refractivity contribution >= 4 is 15.7 Å². The summed E-state index contributed by atoms with van der Waals surface area (Å²) >= 11 is 0. The topological polar surface area (TPSA) is 102 Å². The first-order valence-corrected chi connectivity index (χ1v) is 8.52. The minimum atomic E-state index is -3.42. The fourth-order valence-corrected chi connectivity index (χ4v) is 3.06. The fraction of sp³-hybridized carbons (Fsp3) is 0.667. The van der Waals surface area contributed by atoms with E-state index in [1.165, 1.54) is 6.20 Å². The molecule has 2 heterocycles. The lowest BCUT2D eigenvalue weighted by molar-refractivity contribution is -0.145. The molecule has 1 aromatic heterocycles. The van der Waals surface area contributed by atoms with Crippen LogP contribution in [0.2, 0.25) is 0 Å². The number of sulfone groups is 1. The molecule has 1 unspecified atom stereocenters. The second kappa shape index (κ2) is 6.54. The van der Waals surface area contributed by atoms with E-state index in [1.54, 1.807) is 11.8 Å². The van der Waals surface area contributed by atoms with Crippen molar-refractivity contribution in [3.8, 4) is 0 Å². The average molecular weight is 317 g/mol. The highest BCUT2D eigenvalue weighted by molar-refractivity contribution is 7.90. The van der Waals surface area contributed by atoms with Crippen LogP contribution < -0.4 is 0 Å². The number of rotatable bonds is 5. The van der Waals surface area contributed by atoms with Crippen LogP contribution in [-0.4, -0.2) is 68.7 Å². The summed E-state index contributed by atoms with van der Waals surface area (Å²) in [7, 11) is -3.42. The maximum absolute atomic E-state index is 12.2. The Hall–Kier alpha value is -1.45. The summed E-state index contributed by atoms with van der Waals surface area (Å²) in [5.41, 5.74) is 0.377. The third-order valence-electron chi connectivity index (χ3n) is 3.24. The smallest absolute Gasteiger partial charge is 0.249 e. The molecule has 0 radical (unpaired) electrons. The van der Waals surface area contributed by atoms with Crippen LogP contribution in [0.25, 0.3) is 0 Å². The summed E-state index contributed by atoms with van der Waals surface area (Å²) in [6, 6.07) is -0.501. The number of nitrogens with one attached hydrogen (secondary N) is 1. The van der Waals surface area contributed by atoms with Crippen LogP contribution in [-0.2, 0) is 24.1 Å². The van der Waals surface area contributed by atoms with Gasteiger partial charge in [-0.3, -0.25) is 9.89 Å². The number of amides is 1. The van der Waals surface area contributed by atoms with Crippen molar-refractivity contribution in [2.24, 2.45) is 0 Å². The Morgan fingerprint density at radius 1 is 1.62 bits per heavy atom. The predicted molar refractivity (Wildman–Crippen MR) is 73.5 cm³/mol. The number of morpholine rings is 1. The van der Waals surface area contributed by atoms with Gasteiger partial charge >= 0.3 is 0 Å². The second-order valence-electron chi connectivity index (χ2n) is 4.74. The Kier molecular flexibility index (Phi) is 4.96. The molecule has 1 amide bonds. The first kappa shape index (κ1) is 15.9. The van der Waals surface area contributed by atoms with Gasteiger partial charge in [-0.25, -0.2) is 8.42 Å². The van der Waals surface area contributed by atoms with Gasteiger partial charge in [0, 0.05) is 19.4 Å². The zero-order valence-corrected chi connectivity index (χ0v) is 12.9. The molecule has 8 nitrogen and oxygen atoms in total. The molecule has 21 heavy (non-hydrogen) atoms. The highest BCUT2D eigenvalue weighted by Crippen LogP contribution is 2.27. The Balaban J connectivity index is 2.27. The third kappa shape index (κ3) is 3.60. The number of aromatic amines is 1. The number of H-pyrrole nitrogens is 1. The number of ether oxygens (including phenoxy) is 2. The van der Waals surface area contributed by atoms with Crippen LogP contribution in [0.5, 0.6) is 0 Å². The van der Waals surface area contributed by atoms with Crippen molar-refractivity contribution in [2.75, 3.05) is 39.2 Å². The molecule has 1 saturated heterocycles. The van der Waals surface area contributed by atoms with Crippen molar-refractivity contribution in [1.82, 2.24) is 15.1 Å². The van der Waals surface area contributed by atoms with Crippen LogP contribution in [0.15, 0.2) is 11.1 Å². The first-order chi connectivity index (χ1) is 9.95. The zero-order valence-electron chi connectivity index (χ0n) is 12.0. The number of hydrogen-bond donors (Lipinski definition) is 1. The number of nitrogens with zero attached hydrogens (tertiary/aromatic N) is 2. The van der Waals surface area contributed by atoms with Gasteiger partial charge in [0.05, 0.1) is 31.1 Å². The minimum Gasteiger partial charge on any atom is -0.377 e. The minimum absolute atomic E-state index is 0.0324. The largest absolute Gasteiger partial charge is 0.377 e. The van der Waals surface area contributed by atoms with E-state index in [4.69, 9.17) is 9.47 Å². The van der Waals surface area contributed by atoms with Crippen LogP contribution in [0.1, 0.15) is 18.7 Å². The van der Waals surface area contributed by atoms with Gasteiger partial charge in [-0.05, 0) is 6.92 Å². The molecule has 118 valence electrons. The van der Waals surface area contributed by atoms with Gasteiger partial charge in [-0.15, -0.1) is 0 Å². The van der Waals surface area contributed by atoms with Crippen LogP contribution >= 0.6 is 0 Å². The van der Waals surface area contributed by atoms with E-state index in [2.05, 4.69) is 10.2 Å². The lowest BCUT2D eigenvalue weighted by atomic mass is 10.1. The van der Waals surface area contributed by atoms with E-state index >= 15 is 0 Å². The fourth-order valence-electron chi connectivity index (χ4n) is 2.23. The van der Waals surface area contributed by atoms with Crippen molar-refractivity contribution < 1.29 is 22.7 Å². The molecule has 9 heteroatoms. The molecule has 1 N–H and O–H groups in total. The van der Waals surface area contributed by atoms with Crippen LogP contribution in [0, 0.1) is 0 Å². The lowest BCUT2D eigenvalue weighted by Gasteiger charge is -2.35. The van der Waals surface area contributed by atoms with Gasteiger partial charge in [0.15, 0.2) is 9.84 Å². The maximum Gasteiger partial charge on any atom is 0.249 e. The van der Waals surface area contributed by atoms with E-state index in [1.807, 2.05) is 0 Å². The molecule has 1 fully saturated rings. The van der Waals surface area contributed by atoms with E-state index in [-0.39, 0.29) is 24.0 Å². The second-order valence-corrected chi connectivity index (χ2v) is 6.72. The van der Waals surface area contributed by atoms with E-state index in [0.717, 1.165) is 6.26 Å². The Morgan fingerprint density at radius 3 is 3.05 bits per heavy atom. The standard InChI is InChI=1S/C12H19N3O5S/c1-3-19-8-11(16)15-4-5-20-7-9(15)12-10(6-13-14-12)21(2,17)18/h6,9H,3-5,7-8H2,1-2H3,(H,13,14). The normalized spacial score (nSPS) is 19.7. The molecule has 0 aromatic carbocycles. The van der Waals surface area contributed by atoms with Gasteiger partial charge in [0.1, 0.15) is 11.5 Å². The number of hydrogen-bond acceptors (Lipinski definition) is 6. The average Bonchev–Trinajstić information content (AvgIpc) is 2.94. The summed E-state index contributed by atoms with van der Waals surface area (Å²) < 4.78 is 34.1. The molecule has 1 aliphatic heterocycles. The highest BCUT2D eigenvalue weighted by atomic mass is 32.2. The van der Waals surface area contributed by atoms with Crippen molar-refractivity contribution in [3.05, 3.63) is 11.9 Å². The number of carbonyl (C=O) groups excluding carboxylic acids is 1. The van der Waals surface area contributed by atoms with E-state index in [0.29, 0.717) is 25.5 Å². The quantitative estimate of drug-likeness (QED) is 0.803. The summed E-state index contributed by atoms with van der Waals surface area (Å²) in [4.78, 5) is 13.8. The Morgan fingerprint density at radius 2 is 2.38 bits per heavy atom. The Bertz CT molecular complexity index is 598. The van der Waals surface area contributed by atoms with Crippen LogP contribution in [0.4, 0.5) is 0 Å². The van der Waals surface area contributed by atoms with Crippen molar-refractivity contribution in [2.45, 2.75) is 17.9 Å². The van der Waals surface area contributed by atoms with Gasteiger partial charge in [-0.2, -0.15) is 5.10 Å². The first-order valence-electron chi connectivity index (χ1n) is 6.63. The summed E-state index contributed by atoms with van der Waals surface area (Å²) in [6.45, 7) is 3.24. The molecule has 1 aromatic rings. The van der Waals surface area contributed by atoms with E-state index in [9.17, 15) is 13.2 Å². The van der Waals surface area contributed by atoms with Crippen LogP contribution in [0.3, 0.4) is 0 Å². The molecular formula is C12H19N3O5S.